The van der Waals surface area contributed by atoms with Crippen LogP contribution in [0.2, 0.25) is 0 Å². The molecule has 0 bridgehead atoms. The lowest BCUT2D eigenvalue weighted by molar-refractivity contribution is -0.140. The molecule has 1 saturated heterocycles. The Morgan fingerprint density at radius 2 is 1.74 bits per heavy atom. The number of rotatable bonds is 7. The van der Waals surface area contributed by atoms with Crippen LogP contribution in [-0.4, -0.2) is 35.8 Å². The molecular formula is C21H26N2O4. The van der Waals surface area contributed by atoms with Crippen molar-refractivity contribution < 1.29 is 19.1 Å². The number of carbonyl (C=O) groups excluding carboxylic acids is 3. The summed E-state index contributed by atoms with van der Waals surface area (Å²) < 4.78 is 5.42. The summed E-state index contributed by atoms with van der Waals surface area (Å²) in [6.45, 7) is 4.59. The van der Waals surface area contributed by atoms with E-state index in [-0.39, 0.29) is 48.6 Å². The molecule has 1 aliphatic carbocycles. The lowest BCUT2D eigenvalue weighted by Gasteiger charge is -2.17. The maximum Gasteiger partial charge on any atom is 0.233 e. The Morgan fingerprint density at radius 3 is 2.30 bits per heavy atom. The van der Waals surface area contributed by atoms with Crippen LogP contribution in [0.25, 0.3) is 0 Å². The fraction of sp³-hybridized carbons (Fsp3) is 0.476. The molecule has 0 unspecified atom stereocenters. The lowest BCUT2D eigenvalue weighted by Crippen LogP contribution is -2.36. The second kappa shape index (κ2) is 8.37. The topological polar surface area (TPSA) is 75.7 Å². The van der Waals surface area contributed by atoms with Gasteiger partial charge in [0.2, 0.25) is 17.7 Å². The number of allylic oxidation sites excluding steroid dienone is 2. The van der Waals surface area contributed by atoms with Crippen molar-refractivity contribution in [1.82, 2.24) is 10.2 Å². The van der Waals surface area contributed by atoms with E-state index >= 15 is 0 Å². The third kappa shape index (κ3) is 4.21. The third-order valence-electron chi connectivity index (χ3n) is 5.23. The largest absolute Gasteiger partial charge is 0.494 e. The van der Waals surface area contributed by atoms with Crippen LogP contribution in [0.3, 0.4) is 0 Å². The van der Waals surface area contributed by atoms with Crippen molar-refractivity contribution in [2.24, 2.45) is 11.8 Å². The van der Waals surface area contributed by atoms with Gasteiger partial charge in [-0.15, -0.1) is 0 Å². The molecule has 6 heteroatoms. The number of amides is 3. The predicted octanol–water partition coefficient (Wildman–Crippen LogP) is 2.60. The highest BCUT2D eigenvalue weighted by atomic mass is 16.5. The van der Waals surface area contributed by atoms with Crippen molar-refractivity contribution >= 4 is 17.7 Å². The van der Waals surface area contributed by atoms with E-state index in [1.54, 1.807) is 0 Å². The van der Waals surface area contributed by atoms with E-state index in [1.807, 2.05) is 50.3 Å². The second-order valence-corrected chi connectivity index (χ2v) is 7.03. The van der Waals surface area contributed by atoms with Crippen LogP contribution >= 0.6 is 0 Å². The summed E-state index contributed by atoms with van der Waals surface area (Å²) in [6.07, 6.45) is 5.27. The van der Waals surface area contributed by atoms with Crippen LogP contribution in [-0.2, 0) is 14.4 Å². The minimum Gasteiger partial charge on any atom is -0.494 e. The van der Waals surface area contributed by atoms with Crippen molar-refractivity contribution in [2.45, 2.75) is 39.2 Å². The Balaban J connectivity index is 1.50. The molecule has 6 nitrogen and oxygen atoms in total. The van der Waals surface area contributed by atoms with E-state index in [1.165, 1.54) is 4.90 Å². The molecule has 3 rings (SSSR count). The zero-order valence-corrected chi connectivity index (χ0v) is 15.8. The van der Waals surface area contributed by atoms with E-state index in [4.69, 9.17) is 4.74 Å². The standard InChI is InChI=1S/C21H26N2O4/c1-3-27-16-10-8-15(9-11-16)14(2)22-19(24)12-13-23-20(25)17-6-4-5-7-18(17)21(23)26/h4-5,8-11,14,17-18H,3,6-7,12-13H2,1-2H3,(H,22,24)/t14-,17-,18+/m1/s1. The molecule has 0 aromatic heterocycles. The van der Waals surface area contributed by atoms with Crippen LogP contribution < -0.4 is 10.1 Å². The molecule has 1 aliphatic heterocycles. The summed E-state index contributed by atoms with van der Waals surface area (Å²) in [7, 11) is 0. The van der Waals surface area contributed by atoms with Gasteiger partial charge in [0.1, 0.15) is 5.75 Å². The van der Waals surface area contributed by atoms with Gasteiger partial charge in [0.25, 0.3) is 0 Å². The molecule has 1 N–H and O–H groups in total. The van der Waals surface area contributed by atoms with Gasteiger partial charge in [-0.2, -0.15) is 0 Å². The van der Waals surface area contributed by atoms with Crippen LogP contribution in [0, 0.1) is 11.8 Å². The molecule has 27 heavy (non-hydrogen) atoms. The Kier molecular flexibility index (Phi) is 5.94. The molecule has 1 heterocycles. The molecule has 0 saturated carbocycles. The first-order valence-electron chi connectivity index (χ1n) is 9.53. The number of hydrogen-bond donors (Lipinski definition) is 1. The number of carbonyl (C=O) groups is 3. The zero-order chi connectivity index (χ0) is 19.4. The summed E-state index contributed by atoms with van der Waals surface area (Å²) in [5.74, 6) is -0.142. The van der Waals surface area contributed by atoms with Gasteiger partial charge < -0.3 is 10.1 Å². The van der Waals surface area contributed by atoms with Gasteiger partial charge >= 0.3 is 0 Å². The molecule has 1 aromatic rings. The Labute approximate surface area is 159 Å². The van der Waals surface area contributed by atoms with E-state index in [0.29, 0.717) is 19.4 Å². The fourth-order valence-electron chi connectivity index (χ4n) is 3.72. The third-order valence-corrected chi connectivity index (χ3v) is 5.23. The van der Waals surface area contributed by atoms with Crippen molar-refractivity contribution in [3.05, 3.63) is 42.0 Å². The highest BCUT2D eigenvalue weighted by Crippen LogP contribution is 2.35. The molecule has 0 spiro atoms. The van der Waals surface area contributed by atoms with Gasteiger partial charge in [0.05, 0.1) is 24.5 Å². The van der Waals surface area contributed by atoms with Crippen molar-refractivity contribution in [2.75, 3.05) is 13.2 Å². The number of benzene rings is 1. The van der Waals surface area contributed by atoms with Crippen molar-refractivity contribution in [1.29, 1.82) is 0 Å². The minimum atomic E-state index is -0.242. The number of likely N-dealkylation sites (tertiary alicyclic amines) is 1. The summed E-state index contributed by atoms with van der Waals surface area (Å²) in [4.78, 5) is 38.4. The van der Waals surface area contributed by atoms with E-state index < -0.39 is 0 Å². The summed E-state index contributed by atoms with van der Waals surface area (Å²) in [5.41, 5.74) is 0.970. The summed E-state index contributed by atoms with van der Waals surface area (Å²) in [5, 5.41) is 2.92. The first kappa shape index (κ1) is 19.1. The normalized spacial score (nSPS) is 22.5. The lowest BCUT2D eigenvalue weighted by atomic mass is 9.85. The maximum atomic E-state index is 12.4. The average molecular weight is 370 g/mol. The second-order valence-electron chi connectivity index (χ2n) is 7.03. The van der Waals surface area contributed by atoms with Crippen LogP contribution in [0.5, 0.6) is 5.75 Å². The summed E-state index contributed by atoms with van der Waals surface area (Å²) >= 11 is 0. The van der Waals surface area contributed by atoms with Crippen LogP contribution in [0.4, 0.5) is 0 Å². The summed E-state index contributed by atoms with van der Waals surface area (Å²) in [6, 6.07) is 7.42. The molecule has 1 aromatic carbocycles. The van der Waals surface area contributed by atoms with Gasteiger partial charge in [-0.1, -0.05) is 24.3 Å². The number of fused-ring (bicyclic) bond motifs is 1. The Hall–Kier alpha value is -2.63. The van der Waals surface area contributed by atoms with Gasteiger partial charge in [-0.3, -0.25) is 19.3 Å². The number of ether oxygens (including phenoxy) is 1. The molecular weight excluding hydrogens is 344 g/mol. The van der Waals surface area contributed by atoms with E-state index in [9.17, 15) is 14.4 Å². The Bertz CT molecular complexity index is 715. The molecule has 3 atom stereocenters. The molecule has 3 amide bonds. The van der Waals surface area contributed by atoms with Gasteiger partial charge in [-0.05, 0) is 44.4 Å². The minimum absolute atomic E-state index is 0.117. The van der Waals surface area contributed by atoms with Gasteiger partial charge in [-0.25, -0.2) is 0 Å². The molecule has 144 valence electrons. The average Bonchev–Trinajstić information content (AvgIpc) is 2.92. The monoisotopic (exact) mass is 370 g/mol. The number of nitrogens with one attached hydrogen (secondary N) is 1. The van der Waals surface area contributed by atoms with E-state index in [2.05, 4.69) is 5.32 Å². The predicted molar refractivity (Wildman–Crippen MR) is 101 cm³/mol. The zero-order valence-electron chi connectivity index (χ0n) is 15.8. The molecule has 0 radical (unpaired) electrons. The van der Waals surface area contributed by atoms with Crippen LogP contribution in [0.15, 0.2) is 36.4 Å². The van der Waals surface area contributed by atoms with Crippen LogP contribution in [0.1, 0.15) is 44.7 Å². The Morgan fingerprint density at radius 1 is 1.15 bits per heavy atom. The number of hydrogen-bond acceptors (Lipinski definition) is 4. The molecule has 1 fully saturated rings. The van der Waals surface area contributed by atoms with Crippen molar-refractivity contribution in [3.63, 3.8) is 0 Å². The maximum absolute atomic E-state index is 12.4. The number of nitrogens with zero attached hydrogens (tertiary/aromatic N) is 1. The first-order chi connectivity index (χ1) is 13.0. The van der Waals surface area contributed by atoms with Gasteiger partial charge in [0, 0.05) is 13.0 Å². The quantitative estimate of drug-likeness (QED) is 0.591. The van der Waals surface area contributed by atoms with Crippen molar-refractivity contribution in [3.8, 4) is 5.75 Å². The smallest absolute Gasteiger partial charge is 0.233 e. The molecule has 2 aliphatic rings. The van der Waals surface area contributed by atoms with Gasteiger partial charge in [0.15, 0.2) is 0 Å². The highest BCUT2D eigenvalue weighted by molar-refractivity contribution is 6.05. The van der Waals surface area contributed by atoms with E-state index in [0.717, 1.165) is 11.3 Å². The first-order valence-corrected chi connectivity index (χ1v) is 9.53. The number of imide groups is 1. The highest BCUT2D eigenvalue weighted by Gasteiger charge is 2.46. The SMILES string of the molecule is CCOc1ccc([C@@H](C)NC(=O)CCN2C(=O)[C@H]3CC=CC[C@H]3C2=O)cc1. The fourth-order valence-corrected chi connectivity index (χ4v) is 3.72.